The van der Waals surface area contributed by atoms with E-state index in [1.165, 1.54) is 0 Å². The van der Waals surface area contributed by atoms with E-state index in [-0.39, 0.29) is 11.8 Å². The van der Waals surface area contributed by atoms with Crippen LogP contribution in [0.1, 0.15) is 18.9 Å². The summed E-state index contributed by atoms with van der Waals surface area (Å²) in [6.07, 6.45) is 1.51. The van der Waals surface area contributed by atoms with Gasteiger partial charge in [-0.2, -0.15) is 0 Å². The van der Waals surface area contributed by atoms with Crippen LogP contribution in [0.15, 0.2) is 24.3 Å². The molecule has 0 radical (unpaired) electrons. The third kappa shape index (κ3) is 3.96. The van der Waals surface area contributed by atoms with Crippen molar-refractivity contribution < 1.29 is 14.3 Å². The predicted molar refractivity (Wildman–Crippen MR) is 73.3 cm³/mol. The molecule has 0 saturated carbocycles. The molecule has 1 aromatic carbocycles. The molecule has 104 valence electrons. The molecular formula is C15H21NO3. The molecule has 1 heterocycles. The molecule has 1 aromatic rings. The third-order valence-electron chi connectivity index (χ3n) is 3.28. The smallest absolute Gasteiger partial charge is 0.223 e. The van der Waals surface area contributed by atoms with Crippen LogP contribution in [0.2, 0.25) is 0 Å². The Morgan fingerprint density at radius 3 is 3.16 bits per heavy atom. The van der Waals surface area contributed by atoms with E-state index in [1.54, 1.807) is 0 Å². The highest BCUT2D eigenvalue weighted by molar-refractivity contribution is 5.79. The van der Waals surface area contributed by atoms with Crippen LogP contribution in [0.5, 0.6) is 5.75 Å². The molecule has 0 fully saturated rings. The summed E-state index contributed by atoms with van der Waals surface area (Å²) in [5.74, 6) is 0.998. The number of benzene rings is 1. The number of amides is 1. The van der Waals surface area contributed by atoms with Gasteiger partial charge >= 0.3 is 0 Å². The number of rotatable bonds is 5. The van der Waals surface area contributed by atoms with Crippen LogP contribution >= 0.6 is 0 Å². The molecular weight excluding hydrogens is 242 g/mol. The fourth-order valence-electron chi connectivity index (χ4n) is 2.25. The Labute approximate surface area is 114 Å². The van der Waals surface area contributed by atoms with Crippen LogP contribution < -0.4 is 10.1 Å². The molecule has 0 saturated heterocycles. The van der Waals surface area contributed by atoms with E-state index < -0.39 is 0 Å². The van der Waals surface area contributed by atoms with Gasteiger partial charge in [0.15, 0.2) is 0 Å². The first-order valence-electron chi connectivity index (χ1n) is 6.87. The van der Waals surface area contributed by atoms with E-state index >= 15 is 0 Å². The fourth-order valence-corrected chi connectivity index (χ4v) is 2.25. The van der Waals surface area contributed by atoms with Gasteiger partial charge in [-0.1, -0.05) is 18.2 Å². The van der Waals surface area contributed by atoms with E-state index in [0.29, 0.717) is 26.4 Å². The summed E-state index contributed by atoms with van der Waals surface area (Å²) in [5.41, 5.74) is 1.12. The van der Waals surface area contributed by atoms with Crippen molar-refractivity contribution in [2.75, 3.05) is 26.4 Å². The average molecular weight is 263 g/mol. The van der Waals surface area contributed by atoms with E-state index in [1.807, 2.05) is 31.2 Å². The second-order valence-electron chi connectivity index (χ2n) is 4.63. The van der Waals surface area contributed by atoms with Crippen LogP contribution in [0.3, 0.4) is 0 Å². The van der Waals surface area contributed by atoms with Crippen molar-refractivity contribution in [3.63, 3.8) is 0 Å². The maximum Gasteiger partial charge on any atom is 0.223 e. The summed E-state index contributed by atoms with van der Waals surface area (Å²) in [4.78, 5) is 12.1. The molecule has 0 aromatic heterocycles. The van der Waals surface area contributed by atoms with Crippen molar-refractivity contribution in [1.82, 2.24) is 5.32 Å². The van der Waals surface area contributed by atoms with Crippen molar-refractivity contribution in [1.29, 1.82) is 0 Å². The van der Waals surface area contributed by atoms with Crippen LogP contribution in [-0.4, -0.2) is 32.3 Å². The molecule has 1 N–H and O–H groups in total. The van der Waals surface area contributed by atoms with E-state index in [4.69, 9.17) is 9.47 Å². The van der Waals surface area contributed by atoms with Gasteiger partial charge in [-0.3, -0.25) is 4.79 Å². The minimum Gasteiger partial charge on any atom is -0.493 e. The number of ether oxygens (including phenoxy) is 2. The van der Waals surface area contributed by atoms with Gasteiger partial charge in [0.1, 0.15) is 5.75 Å². The second kappa shape index (κ2) is 7.14. The molecule has 4 nitrogen and oxygen atoms in total. The number of para-hydroxylation sites is 1. The number of nitrogens with one attached hydrogen (secondary N) is 1. The van der Waals surface area contributed by atoms with Gasteiger partial charge in [0.2, 0.25) is 5.91 Å². The normalized spacial score (nSPS) is 18.1. The maximum atomic E-state index is 12.1. The minimum atomic E-state index is -0.00900. The highest BCUT2D eigenvalue weighted by atomic mass is 16.5. The standard InChI is InChI=1S/C15H21NO3/c1-2-18-10-8-16-15(17)13-7-9-19-14-6-4-3-5-12(14)11-13/h3-6,13H,2,7-11H2,1H3,(H,16,17)/t13-/m0/s1. The number of hydrogen-bond donors (Lipinski definition) is 1. The first-order valence-corrected chi connectivity index (χ1v) is 6.87. The van der Waals surface area contributed by atoms with Crippen molar-refractivity contribution >= 4 is 5.91 Å². The summed E-state index contributed by atoms with van der Waals surface area (Å²) in [7, 11) is 0. The SMILES string of the molecule is CCOCCNC(=O)[C@H]1CCOc2ccccc2C1. The van der Waals surface area contributed by atoms with Gasteiger partial charge in [0.05, 0.1) is 13.2 Å². The van der Waals surface area contributed by atoms with Crippen LogP contribution in [0, 0.1) is 5.92 Å². The average Bonchev–Trinajstić information content (AvgIpc) is 2.65. The Morgan fingerprint density at radius 1 is 1.47 bits per heavy atom. The predicted octanol–water partition coefficient (Wildman–Crippen LogP) is 1.78. The van der Waals surface area contributed by atoms with Crippen molar-refractivity contribution in [2.24, 2.45) is 5.92 Å². The van der Waals surface area contributed by atoms with Gasteiger partial charge in [-0.15, -0.1) is 0 Å². The molecule has 1 aliphatic heterocycles. The molecule has 2 rings (SSSR count). The lowest BCUT2D eigenvalue weighted by atomic mass is 9.96. The maximum absolute atomic E-state index is 12.1. The molecule has 0 spiro atoms. The highest BCUT2D eigenvalue weighted by Gasteiger charge is 2.23. The molecule has 0 unspecified atom stereocenters. The monoisotopic (exact) mass is 263 g/mol. The number of fused-ring (bicyclic) bond motifs is 1. The third-order valence-corrected chi connectivity index (χ3v) is 3.28. The lowest BCUT2D eigenvalue weighted by Gasteiger charge is -2.13. The zero-order chi connectivity index (χ0) is 13.5. The lowest BCUT2D eigenvalue weighted by Crippen LogP contribution is -2.34. The quantitative estimate of drug-likeness (QED) is 0.824. The highest BCUT2D eigenvalue weighted by Crippen LogP contribution is 2.26. The van der Waals surface area contributed by atoms with Gasteiger partial charge in [0.25, 0.3) is 0 Å². The number of hydrogen-bond acceptors (Lipinski definition) is 3. The molecule has 1 aliphatic rings. The molecule has 19 heavy (non-hydrogen) atoms. The molecule has 4 heteroatoms. The summed E-state index contributed by atoms with van der Waals surface area (Å²) in [5, 5.41) is 2.93. The Hall–Kier alpha value is -1.55. The molecule has 0 aliphatic carbocycles. The van der Waals surface area contributed by atoms with E-state index in [9.17, 15) is 4.79 Å². The Balaban J connectivity index is 1.89. The van der Waals surface area contributed by atoms with Gasteiger partial charge in [-0.05, 0) is 31.4 Å². The molecule has 0 bridgehead atoms. The number of carbonyl (C=O) groups excluding carboxylic acids is 1. The summed E-state index contributed by atoms with van der Waals surface area (Å²) in [6.45, 7) is 4.37. The largest absolute Gasteiger partial charge is 0.493 e. The van der Waals surface area contributed by atoms with Crippen molar-refractivity contribution in [3.8, 4) is 5.75 Å². The molecule has 1 amide bonds. The van der Waals surface area contributed by atoms with Gasteiger partial charge in [-0.25, -0.2) is 0 Å². The van der Waals surface area contributed by atoms with E-state index in [2.05, 4.69) is 5.32 Å². The lowest BCUT2D eigenvalue weighted by molar-refractivity contribution is -0.125. The van der Waals surface area contributed by atoms with Crippen LogP contribution in [-0.2, 0) is 16.0 Å². The van der Waals surface area contributed by atoms with Gasteiger partial charge in [0, 0.05) is 19.1 Å². The first-order chi connectivity index (χ1) is 9.31. The van der Waals surface area contributed by atoms with Crippen molar-refractivity contribution in [3.05, 3.63) is 29.8 Å². The van der Waals surface area contributed by atoms with Gasteiger partial charge < -0.3 is 14.8 Å². The summed E-state index contributed by atoms with van der Waals surface area (Å²) < 4.78 is 10.9. The van der Waals surface area contributed by atoms with Crippen LogP contribution in [0.4, 0.5) is 0 Å². The fraction of sp³-hybridized carbons (Fsp3) is 0.533. The Bertz CT molecular complexity index is 420. The zero-order valence-corrected chi connectivity index (χ0v) is 11.4. The van der Waals surface area contributed by atoms with Crippen molar-refractivity contribution in [2.45, 2.75) is 19.8 Å². The Kier molecular flexibility index (Phi) is 5.21. The summed E-state index contributed by atoms with van der Waals surface area (Å²) in [6, 6.07) is 7.94. The van der Waals surface area contributed by atoms with E-state index in [0.717, 1.165) is 24.2 Å². The Morgan fingerprint density at radius 2 is 2.32 bits per heavy atom. The second-order valence-corrected chi connectivity index (χ2v) is 4.63. The topological polar surface area (TPSA) is 47.6 Å². The molecule has 1 atom stereocenters. The minimum absolute atomic E-state index is 0.00900. The summed E-state index contributed by atoms with van der Waals surface area (Å²) >= 11 is 0. The van der Waals surface area contributed by atoms with Crippen LogP contribution in [0.25, 0.3) is 0 Å². The zero-order valence-electron chi connectivity index (χ0n) is 11.4. The number of carbonyl (C=O) groups is 1. The first kappa shape index (κ1) is 13.9.